The van der Waals surface area contributed by atoms with Crippen LogP contribution in [0.15, 0.2) is 30.3 Å². The van der Waals surface area contributed by atoms with Crippen LogP contribution in [0.3, 0.4) is 0 Å². The number of Topliss-reactive ketones (excluding diaryl/α,β-unsaturated/α-hetero) is 1. The Labute approximate surface area is 137 Å². The molecule has 0 aliphatic heterocycles. The van der Waals surface area contributed by atoms with Gasteiger partial charge in [0, 0.05) is 5.92 Å². The molecule has 0 fully saturated rings. The molecule has 0 radical (unpaired) electrons. The van der Waals surface area contributed by atoms with Crippen LogP contribution < -0.4 is 0 Å². The molecule has 1 aromatic rings. The molecular weight excluding hydrogens is 259 g/mol. The van der Waals surface area contributed by atoms with Gasteiger partial charge in [-0.1, -0.05) is 37.3 Å². The van der Waals surface area contributed by atoms with Crippen LogP contribution in [0.25, 0.3) is 0 Å². The molecular formula is C17H25LiO3. The van der Waals surface area contributed by atoms with Crippen molar-refractivity contribution in [2.75, 3.05) is 7.11 Å². The van der Waals surface area contributed by atoms with Crippen molar-refractivity contribution in [2.45, 2.75) is 44.6 Å². The molecule has 0 aliphatic carbocycles. The standard InChI is InChI=1S/C13H16O3.C4H9.Li/c1-9(11-7-5-4-6-8-11)12(10(2)14)13(15)16-3;1-3-4-2;/h4-9,12H,1-3H3;1,3-4H2,2H3;. The third kappa shape index (κ3) is 7.50. The number of unbranched alkanes of at least 4 members (excludes halogenated alkanes) is 1. The van der Waals surface area contributed by atoms with Crippen molar-refractivity contribution in [3.05, 3.63) is 35.9 Å². The number of benzene rings is 1. The summed E-state index contributed by atoms with van der Waals surface area (Å²) >= 11 is 2.21. The normalized spacial score (nSPS) is 12.7. The molecule has 3 nitrogen and oxygen atoms in total. The van der Waals surface area contributed by atoms with Crippen molar-refractivity contribution in [3.63, 3.8) is 0 Å². The molecule has 0 bridgehead atoms. The van der Waals surface area contributed by atoms with Gasteiger partial charge in [-0.15, -0.1) is 0 Å². The van der Waals surface area contributed by atoms with E-state index in [0.29, 0.717) is 0 Å². The van der Waals surface area contributed by atoms with Crippen LogP contribution in [0.5, 0.6) is 0 Å². The second kappa shape index (κ2) is 11.6. The molecule has 2 unspecified atom stereocenters. The Morgan fingerprint density at radius 3 is 2.14 bits per heavy atom. The number of ketones is 1. The molecule has 112 valence electrons. The number of hydrogen-bond donors (Lipinski definition) is 0. The average Bonchev–Trinajstić information content (AvgIpc) is 2.49. The molecule has 0 spiro atoms. The summed E-state index contributed by atoms with van der Waals surface area (Å²) in [7, 11) is 1.30. The van der Waals surface area contributed by atoms with Crippen molar-refractivity contribution in [3.8, 4) is 0 Å². The second-order valence-corrected chi connectivity index (χ2v) is 5.16. The number of esters is 1. The van der Waals surface area contributed by atoms with Crippen molar-refractivity contribution >= 4 is 29.5 Å². The van der Waals surface area contributed by atoms with Gasteiger partial charge in [-0.3, -0.25) is 9.59 Å². The quantitative estimate of drug-likeness (QED) is 0.456. The molecule has 1 rings (SSSR count). The van der Waals surface area contributed by atoms with E-state index in [4.69, 9.17) is 0 Å². The fourth-order valence-corrected chi connectivity index (χ4v) is 2.15. The molecule has 0 saturated heterocycles. The number of carbonyl (C=O) groups excluding carboxylic acids is 2. The Morgan fingerprint density at radius 1 is 1.24 bits per heavy atom. The molecule has 1 aromatic carbocycles. The summed E-state index contributed by atoms with van der Waals surface area (Å²) in [5.74, 6) is -1.51. The molecule has 0 saturated carbocycles. The van der Waals surface area contributed by atoms with Crippen LogP contribution in [0.2, 0.25) is 5.09 Å². The SMILES string of the molecule is COC(=O)C(C(C)=O)C(C)c1ccccc1.[Li][CH2]CCC. The first-order valence-corrected chi connectivity index (χ1v) is 7.62. The summed E-state index contributed by atoms with van der Waals surface area (Å²) in [6, 6.07) is 9.49. The number of methoxy groups -OCH3 is 1. The third-order valence-corrected chi connectivity index (χ3v) is 3.43. The molecule has 4 heteroatoms. The Hall–Kier alpha value is -1.04. The van der Waals surface area contributed by atoms with Gasteiger partial charge in [-0.25, -0.2) is 0 Å². The first kappa shape index (κ1) is 20.0. The zero-order valence-electron chi connectivity index (χ0n) is 13.9. The van der Waals surface area contributed by atoms with Gasteiger partial charge in [0.15, 0.2) is 0 Å². The Morgan fingerprint density at radius 2 is 1.81 bits per heavy atom. The van der Waals surface area contributed by atoms with E-state index in [1.165, 1.54) is 32.0 Å². The minimum absolute atomic E-state index is 0.161. The van der Waals surface area contributed by atoms with E-state index in [1.807, 2.05) is 37.3 Å². The molecule has 21 heavy (non-hydrogen) atoms. The predicted molar refractivity (Wildman–Crippen MR) is 86.5 cm³/mol. The fourth-order valence-electron chi connectivity index (χ4n) is 2.15. The van der Waals surface area contributed by atoms with E-state index < -0.39 is 11.9 Å². The van der Waals surface area contributed by atoms with Gasteiger partial charge in [-0.2, -0.15) is 0 Å². The predicted octanol–water partition coefficient (Wildman–Crippen LogP) is 3.54. The molecule has 0 heterocycles. The van der Waals surface area contributed by atoms with Gasteiger partial charge >= 0.3 is 48.5 Å². The van der Waals surface area contributed by atoms with Gasteiger partial charge in [0.05, 0.1) is 7.11 Å². The van der Waals surface area contributed by atoms with Crippen molar-refractivity contribution < 1.29 is 14.3 Å². The van der Waals surface area contributed by atoms with E-state index in [9.17, 15) is 9.59 Å². The van der Waals surface area contributed by atoms with Crippen molar-refractivity contribution in [1.82, 2.24) is 0 Å². The number of rotatable bonds is 6. The van der Waals surface area contributed by atoms with Gasteiger partial charge < -0.3 is 4.74 Å². The summed E-state index contributed by atoms with van der Waals surface area (Å²) in [4.78, 5) is 23.0. The van der Waals surface area contributed by atoms with Crippen LogP contribution in [-0.2, 0) is 14.3 Å². The Balaban J connectivity index is 0.000000690. The van der Waals surface area contributed by atoms with Crippen LogP contribution in [0.4, 0.5) is 0 Å². The van der Waals surface area contributed by atoms with Gasteiger partial charge in [-0.05, 0) is 12.5 Å². The van der Waals surface area contributed by atoms with E-state index in [-0.39, 0.29) is 11.7 Å². The van der Waals surface area contributed by atoms with Gasteiger partial charge in [0.1, 0.15) is 11.7 Å². The molecule has 0 aromatic heterocycles. The minimum atomic E-state index is -0.715. The zero-order valence-corrected chi connectivity index (χ0v) is 13.9. The number of hydrogen-bond acceptors (Lipinski definition) is 3. The van der Waals surface area contributed by atoms with E-state index in [0.717, 1.165) is 5.56 Å². The molecule has 0 aliphatic rings. The Kier molecular flexibility index (Phi) is 11.0. The van der Waals surface area contributed by atoms with Gasteiger partial charge in [0.2, 0.25) is 0 Å². The van der Waals surface area contributed by atoms with Crippen molar-refractivity contribution in [1.29, 1.82) is 0 Å². The molecule has 2 atom stereocenters. The topological polar surface area (TPSA) is 43.4 Å². The second-order valence-electron chi connectivity index (χ2n) is 5.16. The summed E-state index contributed by atoms with van der Waals surface area (Å²) in [6.45, 7) is 5.49. The monoisotopic (exact) mass is 284 g/mol. The third-order valence-electron chi connectivity index (χ3n) is 3.43. The van der Waals surface area contributed by atoms with E-state index in [1.54, 1.807) is 0 Å². The van der Waals surface area contributed by atoms with Crippen LogP contribution in [-0.4, -0.2) is 36.6 Å². The maximum absolute atomic E-state index is 11.5. The average molecular weight is 284 g/mol. The first-order chi connectivity index (χ1) is 9.99. The first-order valence-electron chi connectivity index (χ1n) is 7.62. The maximum atomic E-state index is 11.5. The Bertz CT molecular complexity index is 415. The number of ether oxygens (including phenoxy) is 1. The van der Waals surface area contributed by atoms with Crippen LogP contribution in [0.1, 0.15) is 45.1 Å². The van der Waals surface area contributed by atoms with Crippen LogP contribution >= 0.6 is 0 Å². The summed E-state index contributed by atoms with van der Waals surface area (Å²) in [6.07, 6.45) is 2.73. The van der Waals surface area contributed by atoms with Crippen LogP contribution in [0, 0.1) is 5.92 Å². The fraction of sp³-hybridized carbons (Fsp3) is 0.529. The summed E-state index contributed by atoms with van der Waals surface area (Å²) in [5.41, 5.74) is 0.966. The number of carbonyl (C=O) groups is 2. The van der Waals surface area contributed by atoms with E-state index in [2.05, 4.69) is 29.4 Å². The van der Waals surface area contributed by atoms with E-state index >= 15 is 0 Å². The summed E-state index contributed by atoms with van der Waals surface area (Å²) in [5, 5.41) is 1.34. The zero-order chi connectivity index (χ0) is 16.3. The van der Waals surface area contributed by atoms with Gasteiger partial charge in [0.25, 0.3) is 0 Å². The van der Waals surface area contributed by atoms with Crippen molar-refractivity contribution in [2.24, 2.45) is 5.92 Å². The summed E-state index contributed by atoms with van der Waals surface area (Å²) < 4.78 is 4.66. The molecule has 0 amide bonds. The molecule has 0 N–H and O–H groups in total.